The lowest BCUT2D eigenvalue weighted by Crippen LogP contribution is -2.38. The van der Waals surface area contributed by atoms with E-state index in [4.69, 9.17) is 10.00 Å². The van der Waals surface area contributed by atoms with E-state index in [1.165, 1.54) is 31.4 Å². The summed E-state index contributed by atoms with van der Waals surface area (Å²) in [7, 11) is 0. The molecule has 0 aromatic heterocycles. The van der Waals surface area contributed by atoms with Gasteiger partial charge < -0.3 is 10.1 Å². The number of rotatable bonds is 5. The Morgan fingerprint density at radius 3 is 2.52 bits per heavy atom. The number of ether oxygens (including phenoxy) is 1. The quantitative estimate of drug-likeness (QED) is 0.848. The van der Waals surface area contributed by atoms with Crippen LogP contribution in [0.3, 0.4) is 0 Å². The number of nitrogens with one attached hydrogen (secondary N) is 1. The Morgan fingerprint density at radius 2 is 1.91 bits per heavy atom. The zero-order chi connectivity index (χ0) is 16.7. The first kappa shape index (κ1) is 17.0. The molecule has 5 heteroatoms. The van der Waals surface area contributed by atoms with Crippen molar-refractivity contribution in [1.29, 1.82) is 5.26 Å². The van der Waals surface area contributed by atoms with Gasteiger partial charge in [0.25, 0.3) is 5.91 Å². The summed E-state index contributed by atoms with van der Waals surface area (Å²) in [5.74, 6) is -0.290. The van der Waals surface area contributed by atoms with E-state index in [9.17, 15) is 9.59 Å². The molecule has 1 atom stereocenters. The number of amides is 1. The van der Waals surface area contributed by atoms with Gasteiger partial charge in [-0.25, -0.2) is 4.79 Å². The molecular weight excluding hydrogens is 292 g/mol. The van der Waals surface area contributed by atoms with Crippen molar-refractivity contribution < 1.29 is 14.3 Å². The first-order chi connectivity index (χ1) is 11.1. The third-order valence-electron chi connectivity index (χ3n) is 4.19. The molecular formula is C18H22N2O3. The Bertz CT molecular complexity index is 583. The molecule has 0 saturated heterocycles. The molecule has 0 aliphatic heterocycles. The van der Waals surface area contributed by atoms with E-state index >= 15 is 0 Å². The highest BCUT2D eigenvalue weighted by Gasteiger charge is 2.20. The fourth-order valence-corrected chi connectivity index (χ4v) is 2.74. The molecule has 0 bridgehead atoms. The number of hydrogen-bond donors (Lipinski definition) is 1. The summed E-state index contributed by atoms with van der Waals surface area (Å²) >= 11 is 0. The van der Waals surface area contributed by atoms with Gasteiger partial charge in [-0.3, -0.25) is 4.79 Å². The molecule has 1 aliphatic rings. The van der Waals surface area contributed by atoms with Crippen molar-refractivity contribution in [1.82, 2.24) is 5.32 Å². The first-order valence-corrected chi connectivity index (χ1v) is 8.09. The standard InChI is InChI=1S/C18H22N2O3/c1-13(17(21)20-12-15-5-3-2-4-6-15)23-18(22)16-9-7-14(11-19)8-10-16/h7-10,13,15H,2-6,12H2,1H3,(H,20,21). The predicted octanol–water partition coefficient (Wildman–Crippen LogP) is 2.80. The summed E-state index contributed by atoms with van der Waals surface area (Å²) < 4.78 is 5.18. The minimum atomic E-state index is -0.832. The Kier molecular flexibility index (Phi) is 6.16. The molecule has 0 radical (unpaired) electrons. The van der Waals surface area contributed by atoms with Crippen molar-refractivity contribution in [2.45, 2.75) is 45.1 Å². The molecule has 23 heavy (non-hydrogen) atoms. The zero-order valence-electron chi connectivity index (χ0n) is 13.4. The highest BCUT2D eigenvalue weighted by atomic mass is 16.5. The van der Waals surface area contributed by atoms with Gasteiger partial charge in [0.1, 0.15) is 0 Å². The maximum absolute atomic E-state index is 12.0. The summed E-state index contributed by atoms with van der Waals surface area (Å²) in [4.78, 5) is 24.0. The third kappa shape index (κ3) is 5.10. The number of nitrogens with zero attached hydrogens (tertiary/aromatic N) is 1. The molecule has 1 unspecified atom stereocenters. The molecule has 0 spiro atoms. The molecule has 1 saturated carbocycles. The van der Waals surface area contributed by atoms with Crippen LogP contribution in [0.4, 0.5) is 0 Å². The first-order valence-electron chi connectivity index (χ1n) is 8.09. The molecule has 1 N–H and O–H groups in total. The average Bonchev–Trinajstić information content (AvgIpc) is 2.60. The summed E-state index contributed by atoms with van der Waals surface area (Å²) in [5.41, 5.74) is 0.802. The van der Waals surface area contributed by atoms with Gasteiger partial charge in [0.15, 0.2) is 6.10 Å². The van der Waals surface area contributed by atoms with Crippen molar-refractivity contribution in [3.05, 3.63) is 35.4 Å². The minimum absolute atomic E-state index is 0.266. The van der Waals surface area contributed by atoms with Crippen LogP contribution in [0.5, 0.6) is 0 Å². The molecule has 1 aromatic rings. The SMILES string of the molecule is CC(OC(=O)c1ccc(C#N)cc1)C(=O)NCC1CCCCC1. The number of carbonyl (C=O) groups is 2. The summed E-state index contributed by atoms with van der Waals surface area (Å²) in [6.45, 7) is 2.22. The van der Waals surface area contributed by atoms with Gasteiger partial charge >= 0.3 is 5.97 Å². The summed E-state index contributed by atoms with van der Waals surface area (Å²) in [6.07, 6.45) is 5.21. The molecule has 2 rings (SSSR count). The average molecular weight is 314 g/mol. The Morgan fingerprint density at radius 1 is 1.26 bits per heavy atom. The number of benzene rings is 1. The molecule has 1 aromatic carbocycles. The van der Waals surface area contributed by atoms with Gasteiger partial charge in [-0.05, 0) is 49.9 Å². The molecule has 1 fully saturated rings. The second kappa shape index (κ2) is 8.33. The van der Waals surface area contributed by atoms with E-state index in [1.54, 1.807) is 19.1 Å². The lowest BCUT2D eigenvalue weighted by molar-refractivity contribution is -0.129. The monoisotopic (exact) mass is 314 g/mol. The second-order valence-electron chi connectivity index (χ2n) is 5.99. The van der Waals surface area contributed by atoms with Crippen LogP contribution in [-0.4, -0.2) is 24.5 Å². The van der Waals surface area contributed by atoms with Crippen molar-refractivity contribution in [2.75, 3.05) is 6.54 Å². The molecule has 122 valence electrons. The van der Waals surface area contributed by atoms with Gasteiger partial charge in [0.05, 0.1) is 17.2 Å². The summed E-state index contributed by atoms with van der Waals surface area (Å²) in [5, 5.41) is 11.6. The Hall–Kier alpha value is -2.35. The van der Waals surface area contributed by atoms with E-state index < -0.39 is 12.1 Å². The van der Waals surface area contributed by atoms with Crippen LogP contribution in [0.25, 0.3) is 0 Å². The predicted molar refractivity (Wildman–Crippen MR) is 85.6 cm³/mol. The van der Waals surface area contributed by atoms with Crippen LogP contribution in [0.15, 0.2) is 24.3 Å². The van der Waals surface area contributed by atoms with Crippen molar-refractivity contribution >= 4 is 11.9 Å². The minimum Gasteiger partial charge on any atom is -0.449 e. The number of nitriles is 1. The van der Waals surface area contributed by atoms with E-state index in [2.05, 4.69) is 5.32 Å². The number of carbonyl (C=O) groups excluding carboxylic acids is 2. The second-order valence-corrected chi connectivity index (χ2v) is 5.99. The lowest BCUT2D eigenvalue weighted by atomic mass is 9.89. The van der Waals surface area contributed by atoms with Crippen molar-refractivity contribution in [2.24, 2.45) is 5.92 Å². The van der Waals surface area contributed by atoms with E-state index in [-0.39, 0.29) is 5.91 Å². The topological polar surface area (TPSA) is 79.2 Å². The number of hydrogen-bond acceptors (Lipinski definition) is 4. The van der Waals surface area contributed by atoms with E-state index in [0.29, 0.717) is 23.6 Å². The normalized spacial score (nSPS) is 16.2. The maximum Gasteiger partial charge on any atom is 0.338 e. The van der Waals surface area contributed by atoms with Crippen LogP contribution in [-0.2, 0) is 9.53 Å². The van der Waals surface area contributed by atoms with Gasteiger partial charge in [-0.15, -0.1) is 0 Å². The largest absolute Gasteiger partial charge is 0.449 e. The van der Waals surface area contributed by atoms with E-state index in [1.807, 2.05) is 6.07 Å². The van der Waals surface area contributed by atoms with Gasteiger partial charge in [-0.1, -0.05) is 19.3 Å². The van der Waals surface area contributed by atoms with Crippen LogP contribution < -0.4 is 5.32 Å². The Balaban J connectivity index is 1.79. The highest BCUT2D eigenvalue weighted by Crippen LogP contribution is 2.22. The molecule has 1 amide bonds. The van der Waals surface area contributed by atoms with Crippen molar-refractivity contribution in [3.63, 3.8) is 0 Å². The van der Waals surface area contributed by atoms with Crippen LogP contribution >= 0.6 is 0 Å². The molecule has 0 heterocycles. The smallest absolute Gasteiger partial charge is 0.338 e. The molecule has 5 nitrogen and oxygen atoms in total. The van der Waals surface area contributed by atoms with Crippen LogP contribution in [0, 0.1) is 17.2 Å². The van der Waals surface area contributed by atoms with Crippen LogP contribution in [0.1, 0.15) is 54.9 Å². The highest BCUT2D eigenvalue weighted by molar-refractivity contribution is 5.92. The molecule has 1 aliphatic carbocycles. The summed E-state index contributed by atoms with van der Waals surface area (Å²) in [6, 6.07) is 8.12. The Labute approximate surface area is 136 Å². The van der Waals surface area contributed by atoms with Gasteiger partial charge in [0, 0.05) is 6.54 Å². The van der Waals surface area contributed by atoms with Gasteiger partial charge in [-0.2, -0.15) is 5.26 Å². The zero-order valence-corrected chi connectivity index (χ0v) is 13.4. The van der Waals surface area contributed by atoms with Gasteiger partial charge in [0.2, 0.25) is 0 Å². The van der Waals surface area contributed by atoms with Crippen molar-refractivity contribution in [3.8, 4) is 6.07 Å². The maximum atomic E-state index is 12.0. The van der Waals surface area contributed by atoms with E-state index in [0.717, 1.165) is 12.8 Å². The van der Waals surface area contributed by atoms with Crippen LogP contribution in [0.2, 0.25) is 0 Å². The number of esters is 1. The third-order valence-corrected chi connectivity index (χ3v) is 4.19. The fraction of sp³-hybridized carbons (Fsp3) is 0.500. The lowest BCUT2D eigenvalue weighted by Gasteiger charge is -2.22. The fourth-order valence-electron chi connectivity index (χ4n) is 2.74.